The molecule has 0 aromatic carbocycles. The van der Waals surface area contributed by atoms with E-state index in [2.05, 4.69) is 0 Å². The minimum Gasteiger partial charge on any atom is -0.341 e. The molecule has 1 aromatic rings. The van der Waals surface area contributed by atoms with Gasteiger partial charge in [0.05, 0.1) is 11.1 Å². The lowest BCUT2D eigenvalue weighted by Crippen LogP contribution is -2.52. The number of sulfonamides is 1. The van der Waals surface area contributed by atoms with Gasteiger partial charge in [-0.15, -0.1) is 11.3 Å². The second kappa shape index (κ2) is 7.66. The summed E-state index contributed by atoms with van der Waals surface area (Å²) in [7, 11) is -1.63. The molecular weight excluding hydrogens is 374 g/mol. The zero-order valence-electron chi connectivity index (χ0n) is 15.1. The third kappa shape index (κ3) is 3.94. The minimum absolute atomic E-state index is 0.00661. The standard InChI is InChI=1S/C17H25N3O4S2/c1-18(26(2,23)24)13-7-10-19(11-8-13)16(21)14-5-3-9-20(14)17(22)15-6-4-12-25-15/h4,6,12-14H,3,5,7-11H2,1-2H3/t14-/m0/s1. The first kappa shape index (κ1) is 19.3. The van der Waals surface area contributed by atoms with Gasteiger partial charge in [-0.1, -0.05) is 6.07 Å². The highest BCUT2D eigenvalue weighted by Gasteiger charge is 2.38. The van der Waals surface area contributed by atoms with Gasteiger partial charge in [-0.3, -0.25) is 9.59 Å². The van der Waals surface area contributed by atoms with Crippen molar-refractivity contribution in [2.24, 2.45) is 0 Å². The second-order valence-corrected chi connectivity index (χ2v) is 9.96. The Morgan fingerprint density at radius 1 is 1.19 bits per heavy atom. The van der Waals surface area contributed by atoms with E-state index in [-0.39, 0.29) is 17.9 Å². The molecule has 1 atom stereocenters. The molecule has 0 aliphatic carbocycles. The van der Waals surface area contributed by atoms with Gasteiger partial charge in [0.15, 0.2) is 0 Å². The average Bonchev–Trinajstić information content (AvgIpc) is 3.30. The van der Waals surface area contributed by atoms with Crippen molar-refractivity contribution in [1.29, 1.82) is 0 Å². The Morgan fingerprint density at radius 2 is 1.88 bits per heavy atom. The molecule has 2 aliphatic rings. The van der Waals surface area contributed by atoms with Crippen LogP contribution in [0, 0.1) is 0 Å². The number of piperidine rings is 1. The van der Waals surface area contributed by atoms with E-state index in [1.165, 1.54) is 21.9 Å². The average molecular weight is 400 g/mol. The summed E-state index contributed by atoms with van der Waals surface area (Å²) in [5.41, 5.74) is 0. The number of hydrogen-bond donors (Lipinski definition) is 0. The molecule has 2 saturated heterocycles. The van der Waals surface area contributed by atoms with Gasteiger partial charge in [0.2, 0.25) is 15.9 Å². The minimum atomic E-state index is -3.22. The Hall–Kier alpha value is -1.45. The van der Waals surface area contributed by atoms with Crippen molar-refractivity contribution < 1.29 is 18.0 Å². The molecule has 2 fully saturated rings. The van der Waals surface area contributed by atoms with Crippen LogP contribution >= 0.6 is 11.3 Å². The summed E-state index contributed by atoms with van der Waals surface area (Å²) in [5, 5.41) is 1.86. The molecule has 0 N–H and O–H groups in total. The SMILES string of the molecule is CN(C1CCN(C(=O)[C@@H]2CCCN2C(=O)c2cccs2)CC1)S(C)(=O)=O. The molecule has 1 aromatic heterocycles. The Balaban J connectivity index is 1.62. The normalized spacial score (nSPS) is 22.2. The first-order chi connectivity index (χ1) is 12.3. The van der Waals surface area contributed by atoms with Crippen LogP contribution in [0.3, 0.4) is 0 Å². The molecule has 3 rings (SSSR count). The number of likely N-dealkylation sites (tertiary alicyclic amines) is 2. The molecule has 0 radical (unpaired) electrons. The summed E-state index contributed by atoms with van der Waals surface area (Å²) in [6.45, 7) is 1.67. The molecule has 0 saturated carbocycles. The molecule has 0 spiro atoms. The van der Waals surface area contributed by atoms with Crippen LogP contribution in [0.4, 0.5) is 0 Å². The first-order valence-electron chi connectivity index (χ1n) is 8.85. The predicted octanol–water partition coefficient (Wildman–Crippen LogP) is 1.24. The number of thiophene rings is 1. The van der Waals surface area contributed by atoms with Crippen LogP contribution in [0.1, 0.15) is 35.4 Å². The van der Waals surface area contributed by atoms with Gasteiger partial charge in [-0.2, -0.15) is 0 Å². The summed E-state index contributed by atoms with van der Waals surface area (Å²) < 4.78 is 24.8. The summed E-state index contributed by atoms with van der Waals surface area (Å²) in [5.74, 6) is -0.0737. The van der Waals surface area contributed by atoms with Crippen LogP contribution in [0.5, 0.6) is 0 Å². The van der Waals surface area contributed by atoms with Crippen molar-refractivity contribution in [3.8, 4) is 0 Å². The molecule has 0 unspecified atom stereocenters. The summed E-state index contributed by atoms with van der Waals surface area (Å²) in [4.78, 5) is 29.8. The zero-order chi connectivity index (χ0) is 18.9. The van der Waals surface area contributed by atoms with E-state index in [0.29, 0.717) is 43.8 Å². The van der Waals surface area contributed by atoms with Crippen molar-refractivity contribution >= 4 is 33.2 Å². The summed E-state index contributed by atoms with van der Waals surface area (Å²) >= 11 is 1.39. The van der Waals surface area contributed by atoms with E-state index in [1.54, 1.807) is 22.9 Å². The van der Waals surface area contributed by atoms with Gasteiger partial charge < -0.3 is 9.80 Å². The molecule has 26 heavy (non-hydrogen) atoms. The number of rotatable bonds is 4. The van der Waals surface area contributed by atoms with Crippen LogP contribution in [0.25, 0.3) is 0 Å². The molecule has 7 nitrogen and oxygen atoms in total. The van der Waals surface area contributed by atoms with Crippen molar-refractivity contribution in [3.63, 3.8) is 0 Å². The van der Waals surface area contributed by atoms with Crippen molar-refractivity contribution in [3.05, 3.63) is 22.4 Å². The van der Waals surface area contributed by atoms with E-state index in [1.807, 2.05) is 11.4 Å². The predicted molar refractivity (Wildman–Crippen MR) is 101 cm³/mol. The number of carbonyl (C=O) groups excluding carboxylic acids is 2. The fourth-order valence-corrected chi connectivity index (χ4v) is 5.17. The topological polar surface area (TPSA) is 78.0 Å². The maximum absolute atomic E-state index is 13.0. The second-order valence-electron chi connectivity index (χ2n) is 6.97. The van der Waals surface area contributed by atoms with Gasteiger partial charge in [-0.05, 0) is 37.1 Å². The Morgan fingerprint density at radius 3 is 2.46 bits per heavy atom. The van der Waals surface area contributed by atoms with Crippen LogP contribution in [0.2, 0.25) is 0 Å². The number of amides is 2. The zero-order valence-corrected chi connectivity index (χ0v) is 16.8. The van der Waals surface area contributed by atoms with Crippen molar-refractivity contribution in [1.82, 2.24) is 14.1 Å². The molecule has 3 heterocycles. The number of hydrogen-bond acceptors (Lipinski definition) is 5. The van der Waals surface area contributed by atoms with Crippen LogP contribution < -0.4 is 0 Å². The van der Waals surface area contributed by atoms with Crippen LogP contribution in [-0.4, -0.2) is 79.4 Å². The lowest BCUT2D eigenvalue weighted by atomic mass is 10.0. The highest BCUT2D eigenvalue weighted by atomic mass is 32.2. The van der Waals surface area contributed by atoms with Crippen molar-refractivity contribution in [2.45, 2.75) is 37.8 Å². The molecule has 144 valence electrons. The van der Waals surface area contributed by atoms with Gasteiger partial charge in [0.1, 0.15) is 6.04 Å². The third-order valence-corrected chi connectivity index (χ3v) is 7.55. The van der Waals surface area contributed by atoms with E-state index >= 15 is 0 Å². The van der Waals surface area contributed by atoms with Crippen molar-refractivity contribution in [2.75, 3.05) is 32.9 Å². The maximum Gasteiger partial charge on any atom is 0.264 e. The van der Waals surface area contributed by atoms with E-state index < -0.39 is 16.1 Å². The van der Waals surface area contributed by atoms with E-state index in [9.17, 15) is 18.0 Å². The fraction of sp³-hybridized carbons (Fsp3) is 0.647. The Bertz CT molecular complexity index is 755. The third-order valence-electron chi connectivity index (χ3n) is 5.34. The lowest BCUT2D eigenvalue weighted by molar-refractivity contribution is -0.136. The molecule has 0 bridgehead atoms. The van der Waals surface area contributed by atoms with Gasteiger partial charge >= 0.3 is 0 Å². The summed E-state index contributed by atoms with van der Waals surface area (Å²) in [6, 6.07) is 3.17. The molecular formula is C17H25N3O4S2. The molecule has 9 heteroatoms. The highest BCUT2D eigenvalue weighted by Crippen LogP contribution is 2.25. The van der Waals surface area contributed by atoms with Crippen LogP contribution in [-0.2, 0) is 14.8 Å². The Kier molecular flexibility index (Phi) is 5.69. The fourth-order valence-electron chi connectivity index (χ4n) is 3.74. The number of carbonyl (C=O) groups is 2. The molecule has 2 amide bonds. The van der Waals surface area contributed by atoms with Gasteiger partial charge in [0, 0.05) is 32.7 Å². The number of nitrogens with zero attached hydrogens (tertiary/aromatic N) is 3. The first-order valence-corrected chi connectivity index (χ1v) is 11.6. The quantitative estimate of drug-likeness (QED) is 0.763. The van der Waals surface area contributed by atoms with Gasteiger partial charge in [-0.25, -0.2) is 12.7 Å². The highest BCUT2D eigenvalue weighted by molar-refractivity contribution is 7.88. The Labute approximate surface area is 158 Å². The van der Waals surface area contributed by atoms with E-state index in [0.717, 1.165) is 6.42 Å². The lowest BCUT2D eigenvalue weighted by Gasteiger charge is -2.37. The summed E-state index contributed by atoms with van der Waals surface area (Å²) in [6.07, 6.45) is 3.98. The maximum atomic E-state index is 13.0. The van der Waals surface area contributed by atoms with E-state index in [4.69, 9.17) is 0 Å². The largest absolute Gasteiger partial charge is 0.341 e. The smallest absolute Gasteiger partial charge is 0.264 e. The molecule has 2 aliphatic heterocycles. The van der Waals surface area contributed by atoms with Gasteiger partial charge in [0.25, 0.3) is 5.91 Å². The van der Waals surface area contributed by atoms with Crippen LogP contribution in [0.15, 0.2) is 17.5 Å². The monoisotopic (exact) mass is 399 g/mol.